The zero-order chi connectivity index (χ0) is 35.6. The Morgan fingerprint density at radius 1 is 0.760 bits per heavy atom. The van der Waals surface area contributed by atoms with E-state index in [0.717, 1.165) is 0 Å². The van der Waals surface area contributed by atoms with Crippen LogP contribution in [0.5, 0.6) is 11.5 Å². The highest BCUT2D eigenvalue weighted by Crippen LogP contribution is 2.50. The van der Waals surface area contributed by atoms with E-state index in [2.05, 4.69) is 10.6 Å². The zero-order valence-corrected chi connectivity index (χ0v) is 27.6. The van der Waals surface area contributed by atoms with Crippen LogP contribution in [0, 0.1) is 0 Å². The second-order valence-electron chi connectivity index (χ2n) is 12.1. The largest absolute Gasteiger partial charge is 0.480 e. The average Bonchev–Trinajstić information content (AvgIpc) is 3.38. The Kier molecular flexibility index (Phi) is 9.42. The molecule has 0 saturated carbocycles. The summed E-state index contributed by atoms with van der Waals surface area (Å²) in [4.78, 5) is 79.6. The highest BCUT2D eigenvalue weighted by Gasteiger charge is 2.64. The number of nitrogens with zero attached hydrogens (tertiary/aromatic N) is 1. The number of rotatable bonds is 10. The van der Waals surface area contributed by atoms with E-state index in [9.17, 15) is 33.9 Å². The maximum absolute atomic E-state index is 13.8. The van der Waals surface area contributed by atoms with Crippen LogP contribution in [0.15, 0.2) is 109 Å². The number of fused-ring (bicyclic) bond motifs is 1. The standard InChI is InChI=1S/C37H31N3O9S/c1-37(2)29(34(44)45)40-32(43)28(33(40)50-37)39-31(42)27(21-12-6-3-7-13-21)38-30(41)24-18-19-25(48-35(46)22-14-8-4-9-15-22)26(20-24)49-36(47)23-16-10-5-11-17-23/h3-20,27-29,33H,1-2H3,(H,38,41)(H,39,42)(H,44,45)/t27?,28-,29+,33-/m1/s1. The van der Waals surface area contributed by atoms with Crippen molar-refractivity contribution in [2.24, 2.45) is 0 Å². The number of hydrogen-bond acceptors (Lipinski definition) is 9. The van der Waals surface area contributed by atoms with Gasteiger partial charge >= 0.3 is 17.9 Å². The van der Waals surface area contributed by atoms with Gasteiger partial charge in [-0.25, -0.2) is 14.4 Å². The number of aliphatic carboxylic acids is 1. The molecule has 0 spiro atoms. The summed E-state index contributed by atoms with van der Waals surface area (Å²) in [5, 5.41) is 14.6. The van der Waals surface area contributed by atoms with Crippen molar-refractivity contribution in [3.8, 4) is 11.5 Å². The van der Waals surface area contributed by atoms with Crippen molar-refractivity contribution in [3.05, 3.63) is 131 Å². The molecule has 2 heterocycles. The molecule has 2 aliphatic rings. The Labute approximate surface area is 290 Å². The number of β-lactam (4-membered cyclic amide) rings is 1. The van der Waals surface area contributed by atoms with E-state index in [1.165, 1.54) is 47.0 Å². The van der Waals surface area contributed by atoms with E-state index in [1.54, 1.807) is 92.7 Å². The minimum absolute atomic E-state index is 0.0302. The number of carboxylic acids is 1. The van der Waals surface area contributed by atoms with Gasteiger partial charge in [-0.3, -0.25) is 14.4 Å². The van der Waals surface area contributed by atoms with Crippen LogP contribution in [0.1, 0.15) is 56.5 Å². The van der Waals surface area contributed by atoms with Crippen LogP contribution in [0.4, 0.5) is 0 Å². The van der Waals surface area contributed by atoms with Crippen LogP contribution in [0.3, 0.4) is 0 Å². The van der Waals surface area contributed by atoms with Crippen LogP contribution in [-0.4, -0.2) is 67.8 Å². The van der Waals surface area contributed by atoms with Gasteiger partial charge in [0, 0.05) is 10.3 Å². The predicted molar refractivity (Wildman–Crippen MR) is 182 cm³/mol. The normalized spacial score (nSPS) is 19.3. The second-order valence-corrected chi connectivity index (χ2v) is 13.8. The molecule has 4 aromatic rings. The molecule has 4 aromatic carbocycles. The first-order valence-electron chi connectivity index (χ1n) is 15.5. The minimum atomic E-state index is -1.27. The number of carbonyl (C=O) groups excluding carboxylic acids is 5. The number of hydrogen-bond donors (Lipinski definition) is 3. The molecule has 0 aliphatic carbocycles. The maximum atomic E-state index is 13.8. The first-order valence-corrected chi connectivity index (χ1v) is 16.4. The topological polar surface area (TPSA) is 168 Å². The number of ether oxygens (including phenoxy) is 2. The Morgan fingerprint density at radius 2 is 1.30 bits per heavy atom. The molecule has 50 heavy (non-hydrogen) atoms. The third kappa shape index (κ3) is 6.80. The number of esters is 2. The summed E-state index contributed by atoms with van der Waals surface area (Å²) in [5.41, 5.74) is 0.843. The molecule has 13 heteroatoms. The molecule has 3 amide bonds. The van der Waals surface area contributed by atoms with Crippen molar-refractivity contribution >= 4 is 47.4 Å². The zero-order valence-electron chi connectivity index (χ0n) is 26.8. The average molecular weight is 694 g/mol. The molecule has 1 unspecified atom stereocenters. The third-order valence-electron chi connectivity index (χ3n) is 8.27. The molecule has 0 radical (unpaired) electrons. The first-order chi connectivity index (χ1) is 23.9. The molecule has 6 rings (SSSR count). The molecule has 4 atom stereocenters. The van der Waals surface area contributed by atoms with Crippen LogP contribution >= 0.6 is 11.8 Å². The van der Waals surface area contributed by atoms with Crippen molar-refractivity contribution in [1.82, 2.24) is 15.5 Å². The van der Waals surface area contributed by atoms with E-state index in [4.69, 9.17) is 9.47 Å². The van der Waals surface area contributed by atoms with Crippen molar-refractivity contribution in [3.63, 3.8) is 0 Å². The maximum Gasteiger partial charge on any atom is 0.343 e. The Bertz CT molecular complexity index is 1970. The van der Waals surface area contributed by atoms with E-state index in [-0.39, 0.29) is 28.2 Å². The van der Waals surface area contributed by atoms with Gasteiger partial charge in [-0.15, -0.1) is 11.8 Å². The van der Waals surface area contributed by atoms with E-state index in [0.29, 0.717) is 5.56 Å². The first kappa shape index (κ1) is 33.9. The molecule has 0 aromatic heterocycles. The Morgan fingerprint density at radius 3 is 1.86 bits per heavy atom. The van der Waals surface area contributed by atoms with Gasteiger partial charge in [-0.2, -0.15) is 0 Å². The van der Waals surface area contributed by atoms with Gasteiger partial charge in [0.25, 0.3) is 5.91 Å². The fraction of sp³-hybridized carbons (Fsp3) is 0.189. The smallest absolute Gasteiger partial charge is 0.343 e. The molecular weight excluding hydrogens is 662 g/mol. The van der Waals surface area contributed by atoms with Crippen LogP contribution in [0.25, 0.3) is 0 Å². The number of nitrogens with one attached hydrogen (secondary N) is 2. The summed E-state index contributed by atoms with van der Waals surface area (Å²) in [5.74, 6) is -4.92. The summed E-state index contributed by atoms with van der Waals surface area (Å²) in [6.07, 6.45) is 0. The molecule has 2 fully saturated rings. The summed E-state index contributed by atoms with van der Waals surface area (Å²) >= 11 is 1.28. The van der Waals surface area contributed by atoms with Crippen LogP contribution < -0.4 is 20.1 Å². The van der Waals surface area contributed by atoms with E-state index in [1.807, 2.05) is 0 Å². The number of benzene rings is 4. The van der Waals surface area contributed by atoms with Crippen molar-refractivity contribution in [1.29, 1.82) is 0 Å². The highest BCUT2D eigenvalue weighted by molar-refractivity contribution is 8.01. The van der Waals surface area contributed by atoms with Crippen molar-refractivity contribution in [2.75, 3.05) is 0 Å². The monoisotopic (exact) mass is 693 g/mol. The molecule has 3 N–H and O–H groups in total. The van der Waals surface area contributed by atoms with Gasteiger partial charge in [0.2, 0.25) is 11.8 Å². The number of carbonyl (C=O) groups is 6. The van der Waals surface area contributed by atoms with E-state index >= 15 is 0 Å². The molecule has 12 nitrogen and oxygen atoms in total. The Hall–Kier alpha value is -5.95. The predicted octanol–water partition coefficient (Wildman–Crippen LogP) is 4.23. The van der Waals surface area contributed by atoms with Crippen molar-refractivity contribution in [2.45, 2.75) is 42.1 Å². The molecule has 254 valence electrons. The number of amides is 3. The summed E-state index contributed by atoms with van der Waals surface area (Å²) in [6.45, 7) is 3.46. The minimum Gasteiger partial charge on any atom is -0.480 e. The molecule has 2 aliphatic heterocycles. The number of thioether (sulfide) groups is 1. The lowest BCUT2D eigenvalue weighted by Crippen LogP contribution is -2.71. The van der Waals surface area contributed by atoms with E-state index < -0.39 is 63.9 Å². The lowest BCUT2D eigenvalue weighted by molar-refractivity contribution is -0.161. The highest BCUT2D eigenvalue weighted by atomic mass is 32.2. The van der Waals surface area contributed by atoms with Gasteiger partial charge in [0.05, 0.1) is 11.1 Å². The van der Waals surface area contributed by atoms with Gasteiger partial charge in [0.1, 0.15) is 23.5 Å². The summed E-state index contributed by atoms with van der Waals surface area (Å²) < 4.78 is 10.4. The van der Waals surface area contributed by atoms with Crippen LogP contribution in [-0.2, 0) is 14.4 Å². The summed E-state index contributed by atoms with van der Waals surface area (Å²) in [7, 11) is 0. The Balaban J connectivity index is 1.25. The number of carboxylic acid groups (broad SMARTS) is 1. The lowest BCUT2D eigenvalue weighted by atomic mass is 9.95. The summed E-state index contributed by atoms with van der Waals surface area (Å²) in [6, 6.07) is 25.2. The van der Waals surface area contributed by atoms with Crippen LogP contribution in [0.2, 0.25) is 0 Å². The second kappa shape index (κ2) is 13.9. The van der Waals surface area contributed by atoms with Gasteiger partial charge in [-0.1, -0.05) is 66.7 Å². The molecule has 0 bridgehead atoms. The fourth-order valence-electron chi connectivity index (χ4n) is 5.82. The fourth-order valence-corrected chi connectivity index (χ4v) is 7.45. The lowest BCUT2D eigenvalue weighted by Gasteiger charge is -2.44. The SMILES string of the molecule is CC1(C)S[C@@H]2[C@H](NC(=O)C(NC(=O)c3ccc(OC(=O)c4ccccc4)c(OC(=O)c4ccccc4)c3)c3ccccc3)C(=O)N2[C@H]1C(=O)O. The quantitative estimate of drug-likeness (QED) is 0.124. The van der Waals surface area contributed by atoms with Crippen molar-refractivity contribution < 1.29 is 43.3 Å². The van der Waals surface area contributed by atoms with Gasteiger partial charge in [0.15, 0.2) is 11.5 Å². The third-order valence-corrected chi connectivity index (χ3v) is 9.84. The molecular formula is C37H31N3O9S. The van der Waals surface area contributed by atoms with Gasteiger partial charge < -0.3 is 30.1 Å². The van der Waals surface area contributed by atoms with Gasteiger partial charge in [-0.05, 0) is 61.9 Å². The molecule has 2 saturated heterocycles.